The minimum absolute atomic E-state index is 0.0152. The molecule has 4 heteroatoms. The van der Waals surface area contributed by atoms with E-state index in [1.807, 2.05) is 13.0 Å². The van der Waals surface area contributed by atoms with Gasteiger partial charge in [-0.05, 0) is 18.6 Å². The molecule has 0 amide bonds. The van der Waals surface area contributed by atoms with Gasteiger partial charge in [-0.1, -0.05) is 0 Å². The van der Waals surface area contributed by atoms with E-state index in [0.29, 0.717) is 5.71 Å². The van der Waals surface area contributed by atoms with E-state index in [0.717, 1.165) is 11.1 Å². The van der Waals surface area contributed by atoms with E-state index in [1.165, 1.54) is 6.39 Å². The number of nitrogens with two attached hydrogens (primary N) is 1. The molecule has 12 heavy (non-hydrogen) atoms. The largest absolute Gasteiger partial charge is 0.425 e. The maximum absolute atomic E-state index is 5.68. The molecule has 2 aromatic rings. The quantitative estimate of drug-likeness (QED) is 0.686. The Morgan fingerprint density at radius 2 is 2.33 bits per heavy atom. The molecular formula is C8H9N3O. The maximum atomic E-state index is 5.68. The van der Waals surface area contributed by atoms with Crippen LogP contribution in [-0.4, -0.2) is 9.97 Å². The lowest BCUT2D eigenvalue weighted by Gasteiger charge is -2.02. The average molecular weight is 163 g/mol. The minimum atomic E-state index is -0.0152. The number of fused-ring (bicyclic) bond motifs is 1. The molecule has 0 aliphatic carbocycles. The van der Waals surface area contributed by atoms with Gasteiger partial charge in [0, 0.05) is 12.2 Å². The number of aromatic nitrogens is 2. The highest BCUT2D eigenvalue weighted by Gasteiger charge is 2.03. The average Bonchev–Trinajstić information content (AvgIpc) is 2.49. The Balaban J connectivity index is 2.60. The van der Waals surface area contributed by atoms with Crippen LogP contribution < -0.4 is 5.73 Å². The molecule has 62 valence electrons. The van der Waals surface area contributed by atoms with Gasteiger partial charge in [0.05, 0.1) is 0 Å². The van der Waals surface area contributed by atoms with E-state index in [2.05, 4.69) is 9.97 Å². The zero-order valence-corrected chi connectivity index (χ0v) is 6.69. The van der Waals surface area contributed by atoms with Crippen LogP contribution in [0.5, 0.6) is 0 Å². The zero-order chi connectivity index (χ0) is 8.55. The first kappa shape index (κ1) is 7.24. The summed E-state index contributed by atoms with van der Waals surface area (Å²) in [5, 5.41) is 0. The predicted molar refractivity (Wildman–Crippen MR) is 44.4 cm³/mol. The van der Waals surface area contributed by atoms with Crippen LogP contribution >= 0.6 is 0 Å². The Bertz CT molecular complexity index is 394. The third kappa shape index (κ3) is 1.06. The molecule has 2 heterocycles. The fourth-order valence-corrected chi connectivity index (χ4v) is 1.02. The van der Waals surface area contributed by atoms with Crippen LogP contribution in [0.25, 0.3) is 11.2 Å². The highest BCUT2D eigenvalue weighted by Crippen LogP contribution is 2.14. The Labute approximate surface area is 69.4 Å². The molecule has 0 aromatic carbocycles. The summed E-state index contributed by atoms with van der Waals surface area (Å²) >= 11 is 0. The third-order valence-corrected chi connectivity index (χ3v) is 1.74. The number of nitrogens with zero attached hydrogens (tertiary/aromatic N) is 2. The first-order chi connectivity index (χ1) is 5.77. The number of hydrogen-bond acceptors (Lipinski definition) is 4. The normalized spacial score (nSPS) is 13.5. The summed E-state index contributed by atoms with van der Waals surface area (Å²) < 4.78 is 4.99. The van der Waals surface area contributed by atoms with Crippen LogP contribution in [0, 0.1) is 0 Å². The molecule has 2 rings (SSSR count). The number of hydrogen-bond donors (Lipinski definition) is 1. The van der Waals surface area contributed by atoms with Gasteiger partial charge in [0.1, 0.15) is 5.52 Å². The van der Waals surface area contributed by atoms with Gasteiger partial charge in [0.25, 0.3) is 0 Å². The summed E-state index contributed by atoms with van der Waals surface area (Å²) in [7, 11) is 0. The van der Waals surface area contributed by atoms with E-state index in [9.17, 15) is 0 Å². The fourth-order valence-electron chi connectivity index (χ4n) is 1.02. The second-order valence-corrected chi connectivity index (χ2v) is 2.73. The van der Waals surface area contributed by atoms with Crippen molar-refractivity contribution in [2.75, 3.05) is 0 Å². The highest BCUT2D eigenvalue weighted by atomic mass is 16.3. The SMILES string of the molecule is CC(N)c1cnc2ocnc2c1. The van der Waals surface area contributed by atoms with Gasteiger partial charge in [-0.2, -0.15) is 0 Å². The molecule has 0 fully saturated rings. The first-order valence-electron chi connectivity index (χ1n) is 3.72. The summed E-state index contributed by atoms with van der Waals surface area (Å²) in [6.45, 7) is 1.91. The Morgan fingerprint density at radius 3 is 3.08 bits per heavy atom. The summed E-state index contributed by atoms with van der Waals surface area (Å²) in [5.74, 6) is 0. The van der Waals surface area contributed by atoms with Gasteiger partial charge in [-0.25, -0.2) is 9.97 Å². The van der Waals surface area contributed by atoms with E-state index in [1.54, 1.807) is 6.20 Å². The van der Waals surface area contributed by atoms with Crippen molar-refractivity contribution in [3.05, 3.63) is 24.2 Å². The molecule has 0 spiro atoms. The van der Waals surface area contributed by atoms with Crippen LogP contribution in [0.15, 0.2) is 23.1 Å². The monoisotopic (exact) mass is 163 g/mol. The van der Waals surface area contributed by atoms with E-state index in [-0.39, 0.29) is 6.04 Å². The van der Waals surface area contributed by atoms with Crippen molar-refractivity contribution < 1.29 is 4.42 Å². The number of rotatable bonds is 1. The van der Waals surface area contributed by atoms with Crippen molar-refractivity contribution in [2.24, 2.45) is 5.73 Å². The smallest absolute Gasteiger partial charge is 0.246 e. The molecule has 2 N–H and O–H groups in total. The van der Waals surface area contributed by atoms with Crippen molar-refractivity contribution in [3.8, 4) is 0 Å². The van der Waals surface area contributed by atoms with Crippen molar-refractivity contribution in [2.45, 2.75) is 13.0 Å². The molecular weight excluding hydrogens is 154 g/mol. The van der Waals surface area contributed by atoms with Gasteiger partial charge in [-0.3, -0.25) is 0 Å². The summed E-state index contributed by atoms with van der Waals surface area (Å²) in [6, 6.07) is 1.87. The van der Waals surface area contributed by atoms with Crippen LogP contribution in [0.1, 0.15) is 18.5 Å². The van der Waals surface area contributed by atoms with Crippen LogP contribution in [-0.2, 0) is 0 Å². The molecule has 0 saturated heterocycles. The first-order valence-corrected chi connectivity index (χ1v) is 3.72. The maximum Gasteiger partial charge on any atom is 0.246 e. The van der Waals surface area contributed by atoms with Gasteiger partial charge < -0.3 is 10.2 Å². The van der Waals surface area contributed by atoms with Crippen molar-refractivity contribution in [1.82, 2.24) is 9.97 Å². The predicted octanol–water partition coefficient (Wildman–Crippen LogP) is 1.24. The van der Waals surface area contributed by atoms with Crippen LogP contribution in [0.4, 0.5) is 0 Å². The van der Waals surface area contributed by atoms with E-state index >= 15 is 0 Å². The van der Waals surface area contributed by atoms with Gasteiger partial charge in [0.15, 0.2) is 6.39 Å². The van der Waals surface area contributed by atoms with E-state index in [4.69, 9.17) is 10.2 Å². The second-order valence-electron chi connectivity index (χ2n) is 2.73. The molecule has 1 unspecified atom stereocenters. The van der Waals surface area contributed by atoms with Gasteiger partial charge in [-0.15, -0.1) is 0 Å². The standard InChI is InChI=1S/C8H9N3O/c1-5(9)6-2-7-8(10-3-6)12-4-11-7/h2-5H,9H2,1H3. The minimum Gasteiger partial charge on any atom is -0.425 e. The Hall–Kier alpha value is -1.42. The molecule has 0 aliphatic rings. The van der Waals surface area contributed by atoms with Gasteiger partial charge >= 0.3 is 0 Å². The molecule has 0 saturated carbocycles. The number of pyridine rings is 1. The van der Waals surface area contributed by atoms with Crippen LogP contribution in [0.2, 0.25) is 0 Å². The Morgan fingerprint density at radius 1 is 1.50 bits per heavy atom. The number of oxazole rings is 1. The lowest BCUT2D eigenvalue weighted by Crippen LogP contribution is -2.04. The molecule has 0 radical (unpaired) electrons. The molecule has 1 atom stereocenters. The molecule has 2 aromatic heterocycles. The van der Waals surface area contributed by atoms with Crippen molar-refractivity contribution >= 4 is 11.2 Å². The van der Waals surface area contributed by atoms with E-state index < -0.39 is 0 Å². The van der Waals surface area contributed by atoms with Gasteiger partial charge in [0.2, 0.25) is 5.71 Å². The second kappa shape index (κ2) is 2.57. The summed E-state index contributed by atoms with van der Waals surface area (Å²) in [6.07, 6.45) is 3.08. The fraction of sp³-hybridized carbons (Fsp3) is 0.250. The summed E-state index contributed by atoms with van der Waals surface area (Å²) in [4.78, 5) is 8.03. The highest BCUT2D eigenvalue weighted by molar-refractivity contribution is 5.67. The topological polar surface area (TPSA) is 64.9 Å². The third-order valence-electron chi connectivity index (χ3n) is 1.74. The van der Waals surface area contributed by atoms with Crippen LogP contribution in [0.3, 0.4) is 0 Å². The van der Waals surface area contributed by atoms with Crippen molar-refractivity contribution in [3.63, 3.8) is 0 Å². The lowest BCUT2D eigenvalue weighted by molar-refractivity contribution is 0.590. The molecule has 4 nitrogen and oxygen atoms in total. The zero-order valence-electron chi connectivity index (χ0n) is 6.69. The lowest BCUT2D eigenvalue weighted by atomic mass is 10.1. The molecule has 0 aliphatic heterocycles. The summed E-state index contributed by atoms with van der Waals surface area (Å²) in [5.41, 5.74) is 7.95. The van der Waals surface area contributed by atoms with Crippen molar-refractivity contribution in [1.29, 1.82) is 0 Å². The Kier molecular flexibility index (Phi) is 1.55. The molecule has 0 bridgehead atoms.